The predicted octanol–water partition coefficient (Wildman–Crippen LogP) is 3.44. The molecule has 5 nitrogen and oxygen atoms in total. The number of nitrogens with one attached hydrogen (secondary N) is 1. The van der Waals surface area contributed by atoms with Crippen molar-refractivity contribution in [2.45, 2.75) is 42.8 Å². The van der Waals surface area contributed by atoms with Gasteiger partial charge >= 0.3 is 0 Å². The fourth-order valence-electron chi connectivity index (χ4n) is 2.73. The summed E-state index contributed by atoms with van der Waals surface area (Å²) in [4.78, 5) is 12.2. The van der Waals surface area contributed by atoms with Gasteiger partial charge in [0.1, 0.15) is 11.0 Å². The Kier molecular flexibility index (Phi) is 4.99. The standard InChI is InChI=1S/C19H23NO4S/c1-13(2)14-7-9-16(10-8-14)25(22,23)18(17-4-3-11-24-17)12-20-19(21)15-5-6-15/h3-4,7-11,13,15,18H,5-6,12H2,1-2H3,(H,20,21)/t18-/m0/s1. The zero-order chi connectivity index (χ0) is 18.0. The van der Waals surface area contributed by atoms with Crippen LogP contribution in [0.2, 0.25) is 0 Å². The lowest BCUT2D eigenvalue weighted by Crippen LogP contribution is -2.32. The van der Waals surface area contributed by atoms with Gasteiger partial charge in [0, 0.05) is 12.5 Å². The highest BCUT2D eigenvalue weighted by Crippen LogP contribution is 2.32. The largest absolute Gasteiger partial charge is 0.468 e. The highest BCUT2D eigenvalue weighted by Gasteiger charge is 2.34. The molecule has 134 valence electrons. The van der Waals surface area contributed by atoms with Crippen LogP contribution in [0.4, 0.5) is 0 Å². The van der Waals surface area contributed by atoms with E-state index in [2.05, 4.69) is 19.2 Å². The van der Waals surface area contributed by atoms with Crippen LogP contribution in [-0.2, 0) is 14.6 Å². The molecular formula is C19H23NO4S. The summed E-state index contributed by atoms with van der Waals surface area (Å²) in [6.07, 6.45) is 3.20. The lowest BCUT2D eigenvalue weighted by Gasteiger charge is -2.17. The molecule has 0 radical (unpaired) electrons. The van der Waals surface area contributed by atoms with E-state index in [1.807, 2.05) is 12.1 Å². The van der Waals surface area contributed by atoms with E-state index in [0.29, 0.717) is 11.7 Å². The molecule has 25 heavy (non-hydrogen) atoms. The molecule has 1 aliphatic rings. The predicted molar refractivity (Wildman–Crippen MR) is 94.9 cm³/mol. The van der Waals surface area contributed by atoms with E-state index in [0.717, 1.165) is 18.4 Å². The van der Waals surface area contributed by atoms with Gasteiger partial charge in [-0.15, -0.1) is 0 Å². The highest BCUT2D eigenvalue weighted by molar-refractivity contribution is 7.91. The minimum Gasteiger partial charge on any atom is -0.468 e. The number of hydrogen-bond donors (Lipinski definition) is 1. The molecule has 0 aliphatic heterocycles. The van der Waals surface area contributed by atoms with Crippen LogP contribution in [0.5, 0.6) is 0 Å². The summed E-state index contributed by atoms with van der Waals surface area (Å²) >= 11 is 0. The molecule has 0 bridgehead atoms. The van der Waals surface area contributed by atoms with Crippen molar-refractivity contribution in [3.8, 4) is 0 Å². The number of amides is 1. The monoisotopic (exact) mass is 361 g/mol. The SMILES string of the molecule is CC(C)c1ccc(S(=O)(=O)[C@@H](CNC(=O)C2CC2)c2ccco2)cc1. The van der Waals surface area contributed by atoms with Gasteiger partial charge in [-0.1, -0.05) is 26.0 Å². The van der Waals surface area contributed by atoms with Crippen molar-refractivity contribution in [1.29, 1.82) is 0 Å². The summed E-state index contributed by atoms with van der Waals surface area (Å²) in [7, 11) is -3.68. The first-order valence-electron chi connectivity index (χ1n) is 8.54. The Hall–Kier alpha value is -2.08. The normalized spacial score (nSPS) is 16.0. The maximum Gasteiger partial charge on any atom is 0.223 e. The van der Waals surface area contributed by atoms with E-state index >= 15 is 0 Å². The fourth-order valence-corrected chi connectivity index (χ4v) is 4.31. The molecule has 1 fully saturated rings. The number of sulfone groups is 1. The minimum absolute atomic E-state index is 0.0110. The molecule has 1 atom stereocenters. The first-order valence-corrected chi connectivity index (χ1v) is 10.1. The Morgan fingerprint density at radius 1 is 1.20 bits per heavy atom. The van der Waals surface area contributed by atoms with E-state index in [1.54, 1.807) is 24.3 Å². The number of benzene rings is 1. The van der Waals surface area contributed by atoms with Crippen LogP contribution in [0.1, 0.15) is 49.2 Å². The molecule has 1 aliphatic carbocycles. The van der Waals surface area contributed by atoms with Crippen molar-refractivity contribution in [2.75, 3.05) is 6.54 Å². The molecule has 3 rings (SSSR count). The lowest BCUT2D eigenvalue weighted by atomic mass is 10.0. The van der Waals surface area contributed by atoms with Gasteiger partial charge in [0.05, 0.1) is 11.2 Å². The number of hydrogen-bond acceptors (Lipinski definition) is 4. The van der Waals surface area contributed by atoms with Crippen LogP contribution in [-0.4, -0.2) is 20.9 Å². The van der Waals surface area contributed by atoms with Crippen LogP contribution in [0, 0.1) is 5.92 Å². The minimum atomic E-state index is -3.68. The maximum atomic E-state index is 13.1. The van der Waals surface area contributed by atoms with Crippen LogP contribution >= 0.6 is 0 Å². The van der Waals surface area contributed by atoms with Gasteiger partial charge in [-0.2, -0.15) is 0 Å². The van der Waals surface area contributed by atoms with Gasteiger partial charge < -0.3 is 9.73 Å². The zero-order valence-corrected chi connectivity index (χ0v) is 15.3. The number of rotatable bonds is 7. The van der Waals surface area contributed by atoms with Crippen molar-refractivity contribution < 1.29 is 17.6 Å². The maximum absolute atomic E-state index is 13.1. The van der Waals surface area contributed by atoms with Gasteiger partial charge in [-0.3, -0.25) is 4.79 Å². The molecule has 1 aromatic carbocycles. The number of carbonyl (C=O) groups is 1. The van der Waals surface area contributed by atoms with Gasteiger partial charge in [-0.05, 0) is 48.6 Å². The van der Waals surface area contributed by atoms with Gasteiger partial charge in [-0.25, -0.2) is 8.42 Å². The summed E-state index contributed by atoms with van der Waals surface area (Å²) in [6, 6.07) is 10.2. The Morgan fingerprint density at radius 2 is 1.88 bits per heavy atom. The van der Waals surface area contributed by atoms with Crippen molar-refractivity contribution in [3.63, 3.8) is 0 Å². The number of furan rings is 1. The van der Waals surface area contributed by atoms with Gasteiger partial charge in [0.25, 0.3) is 0 Å². The molecule has 2 aromatic rings. The molecule has 1 heterocycles. The fraction of sp³-hybridized carbons (Fsp3) is 0.421. The molecule has 1 amide bonds. The van der Waals surface area contributed by atoms with Gasteiger partial charge in [0.2, 0.25) is 5.91 Å². The van der Waals surface area contributed by atoms with E-state index in [-0.39, 0.29) is 23.3 Å². The second kappa shape index (κ2) is 7.04. The summed E-state index contributed by atoms with van der Waals surface area (Å²) in [6.45, 7) is 4.13. The second-order valence-corrected chi connectivity index (χ2v) is 8.92. The third-order valence-electron chi connectivity index (χ3n) is 4.52. The average molecular weight is 361 g/mol. The van der Waals surface area contributed by atoms with E-state index in [9.17, 15) is 13.2 Å². The Labute approximate surface area is 148 Å². The van der Waals surface area contributed by atoms with E-state index in [1.165, 1.54) is 6.26 Å². The van der Waals surface area contributed by atoms with E-state index in [4.69, 9.17) is 4.42 Å². The molecule has 1 saturated carbocycles. The summed E-state index contributed by atoms with van der Waals surface area (Å²) in [5.74, 6) is 0.617. The first-order chi connectivity index (χ1) is 11.9. The highest BCUT2D eigenvalue weighted by atomic mass is 32.2. The Balaban J connectivity index is 1.86. The van der Waals surface area contributed by atoms with Gasteiger partial charge in [0.15, 0.2) is 9.84 Å². The Bertz CT molecular complexity index is 819. The second-order valence-electron chi connectivity index (χ2n) is 6.79. The summed E-state index contributed by atoms with van der Waals surface area (Å²) < 4.78 is 31.5. The molecule has 0 unspecified atom stereocenters. The third-order valence-corrected chi connectivity index (χ3v) is 6.60. The van der Waals surface area contributed by atoms with Crippen LogP contribution in [0.3, 0.4) is 0 Å². The van der Waals surface area contributed by atoms with Crippen LogP contribution in [0.25, 0.3) is 0 Å². The molecular weight excluding hydrogens is 338 g/mol. The van der Waals surface area contributed by atoms with Crippen LogP contribution < -0.4 is 5.32 Å². The van der Waals surface area contributed by atoms with Crippen molar-refractivity contribution in [1.82, 2.24) is 5.32 Å². The van der Waals surface area contributed by atoms with Crippen LogP contribution in [0.15, 0.2) is 52.0 Å². The molecule has 1 aromatic heterocycles. The first kappa shape index (κ1) is 17.7. The third kappa shape index (κ3) is 3.95. The molecule has 0 spiro atoms. The summed E-state index contributed by atoms with van der Waals surface area (Å²) in [5, 5.41) is 1.83. The topological polar surface area (TPSA) is 76.4 Å². The van der Waals surface area contributed by atoms with Crippen molar-refractivity contribution in [2.24, 2.45) is 5.92 Å². The zero-order valence-electron chi connectivity index (χ0n) is 14.4. The molecule has 0 saturated heterocycles. The average Bonchev–Trinajstić information content (AvgIpc) is 3.31. The Morgan fingerprint density at radius 3 is 2.40 bits per heavy atom. The number of carbonyl (C=O) groups excluding carboxylic acids is 1. The summed E-state index contributed by atoms with van der Waals surface area (Å²) in [5.41, 5.74) is 1.08. The molecule has 6 heteroatoms. The molecule has 1 N–H and O–H groups in total. The quantitative estimate of drug-likeness (QED) is 0.819. The van der Waals surface area contributed by atoms with Crippen molar-refractivity contribution in [3.05, 3.63) is 54.0 Å². The van der Waals surface area contributed by atoms with E-state index < -0.39 is 15.1 Å². The smallest absolute Gasteiger partial charge is 0.223 e. The lowest BCUT2D eigenvalue weighted by molar-refractivity contribution is -0.122. The van der Waals surface area contributed by atoms with Crippen molar-refractivity contribution >= 4 is 15.7 Å².